The van der Waals surface area contributed by atoms with Crippen molar-refractivity contribution in [3.8, 4) is 5.69 Å². The standard InChI is InChI=1S/C16H6Cl3F3N6/c1-23-12-6-13(26-15(19)11-7-24-2-3-25-11)28(27-12)14-9(17)4-8(5-10(14)18)16(20,21)22/h2-7H/b26-15+. The Morgan fingerprint density at radius 2 is 1.82 bits per heavy atom. The number of nitrogens with zero attached hydrogens (tertiary/aromatic N) is 6. The first kappa shape index (κ1) is 20.1. The SMILES string of the molecule is [C-]#[N+]c1cc(/N=C(/Cl)c2cnccn2)n(-c2c(Cl)cc(C(F)(F)F)cc2Cl)n1. The Labute approximate surface area is 171 Å². The Balaban J connectivity index is 2.17. The quantitative estimate of drug-likeness (QED) is 0.375. The highest BCUT2D eigenvalue weighted by molar-refractivity contribution is 6.69. The minimum absolute atomic E-state index is 0.0187. The van der Waals surface area contributed by atoms with Crippen LogP contribution in [-0.4, -0.2) is 24.9 Å². The van der Waals surface area contributed by atoms with E-state index in [1.54, 1.807) is 0 Å². The molecule has 0 fully saturated rings. The lowest BCUT2D eigenvalue weighted by Crippen LogP contribution is -2.07. The van der Waals surface area contributed by atoms with Crippen molar-refractivity contribution < 1.29 is 13.2 Å². The summed E-state index contributed by atoms with van der Waals surface area (Å²) in [6.07, 6.45) is -0.427. The van der Waals surface area contributed by atoms with Gasteiger partial charge in [0.2, 0.25) is 0 Å². The van der Waals surface area contributed by atoms with Crippen LogP contribution in [0.1, 0.15) is 11.3 Å². The van der Waals surface area contributed by atoms with Gasteiger partial charge in [0.15, 0.2) is 11.0 Å². The molecule has 0 saturated carbocycles. The van der Waals surface area contributed by atoms with Crippen molar-refractivity contribution in [3.63, 3.8) is 0 Å². The molecular weight excluding hydrogens is 440 g/mol. The summed E-state index contributed by atoms with van der Waals surface area (Å²) in [5.74, 6) is -0.0698. The van der Waals surface area contributed by atoms with Gasteiger partial charge in [-0.3, -0.25) is 9.97 Å². The van der Waals surface area contributed by atoms with Crippen molar-refractivity contribution in [1.29, 1.82) is 0 Å². The Morgan fingerprint density at radius 1 is 1.14 bits per heavy atom. The van der Waals surface area contributed by atoms with Crippen LogP contribution in [-0.2, 0) is 6.18 Å². The molecule has 0 aliphatic carbocycles. The summed E-state index contributed by atoms with van der Waals surface area (Å²) in [5, 5.41) is 3.24. The van der Waals surface area contributed by atoms with E-state index >= 15 is 0 Å². The van der Waals surface area contributed by atoms with Gasteiger partial charge in [-0.15, -0.1) is 4.68 Å². The summed E-state index contributed by atoms with van der Waals surface area (Å²) in [6.45, 7) is 7.12. The van der Waals surface area contributed by atoms with E-state index in [9.17, 15) is 13.2 Å². The molecule has 0 atom stereocenters. The molecule has 0 radical (unpaired) electrons. The molecule has 0 unspecified atom stereocenters. The number of hydrogen-bond acceptors (Lipinski definition) is 4. The van der Waals surface area contributed by atoms with E-state index in [2.05, 4.69) is 24.9 Å². The van der Waals surface area contributed by atoms with Crippen LogP contribution in [0.4, 0.5) is 24.8 Å². The van der Waals surface area contributed by atoms with Crippen LogP contribution in [0.3, 0.4) is 0 Å². The molecule has 2 heterocycles. The van der Waals surface area contributed by atoms with Gasteiger partial charge in [-0.05, 0) is 17.2 Å². The van der Waals surface area contributed by atoms with E-state index in [0.29, 0.717) is 12.1 Å². The number of rotatable bonds is 3. The first-order valence-electron chi connectivity index (χ1n) is 7.25. The molecule has 0 aliphatic heterocycles. The molecule has 0 bridgehead atoms. The van der Waals surface area contributed by atoms with Gasteiger partial charge < -0.3 is 4.85 Å². The van der Waals surface area contributed by atoms with Gasteiger partial charge in [0.05, 0.1) is 21.8 Å². The molecule has 0 saturated heterocycles. The zero-order valence-electron chi connectivity index (χ0n) is 13.4. The number of halogens is 6. The highest BCUT2D eigenvalue weighted by Crippen LogP contribution is 2.39. The zero-order chi connectivity index (χ0) is 20.5. The number of aliphatic imine (C=N–C) groups is 1. The Morgan fingerprint density at radius 3 is 2.36 bits per heavy atom. The second-order valence-corrected chi connectivity index (χ2v) is 6.34. The third kappa shape index (κ3) is 4.09. The van der Waals surface area contributed by atoms with Gasteiger partial charge in [0, 0.05) is 18.5 Å². The maximum absolute atomic E-state index is 12.9. The van der Waals surface area contributed by atoms with E-state index in [4.69, 9.17) is 41.4 Å². The zero-order valence-corrected chi connectivity index (χ0v) is 15.7. The molecule has 0 amide bonds. The Hall–Kier alpha value is -2.67. The lowest BCUT2D eigenvalue weighted by atomic mass is 10.2. The summed E-state index contributed by atoms with van der Waals surface area (Å²) in [5.41, 5.74) is -0.856. The fourth-order valence-corrected chi connectivity index (χ4v) is 2.98. The van der Waals surface area contributed by atoms with E-state index in [-0.39, 0.29) is 38.2 Å². The summed E-state index contributed by atoms with van der Waals surface area (Å²) in [6, 6.07) is 2.69. The number of alkyl halides is 3. The molecule has 6 nitrogen and oxygen atoms in total. The minimum Gasteiger partial charge on any atom is -0.359 e. The van der Waals surface area contributed by atoms with Gasteiger partial charge >= 0.3 is 6.18 Å². The Kier molecular flexibility index (Phi) is 5.56. The molecular formula is C16H6Cl3F3N6. The normalized spacial score (nSPS) is 12.1. The van der Waals surface area contributed by atoms with E-state index in [0.717, 1.165) is 4.68 Å². The van der Waals surface area contributed by atoms with Crippen LogP contribution in [0.5, 0.6) is 0 Å². The van der Waals surface area contributed by atoms with Gasteiger partial charge in [0.1, 0.15) is 11.4 Å². The van der Waals surface area contributed by atoms with Crippen LogP contribution in [0, 0.1) is 6.57 Å². The van der Waals surface area contributed by atoms with Crippen molar-refractivity contribution >= 4 is 51.6 Å². The third-order valence-corrected chi connectivity index (χ3v) is 4.19. The molecule has 1 aromatic carbocycles. The monoisotopic (exact) mass is 444 g/mol. The number of hydrogen-bond donors (Lipinski definition) is 0. The van der Waals surface area contributed by atoms with Crippen LogP contribution < -0.4 is 0 Å². The van der Waals surface area contributed by atoms with E-state index in [1.165, 1.54) is 24.7 Å². The predicted octanol–water partition coefficient (Wildman–Crippen LogP) is 5.86. The first-order chi connectivity index (χ1) is 13.2. The lowest BCUT2D eigenvalue weighted by Gasteiger charge is -2.11. The average molecular weight is 446 g/mol. The molecule has 3 rings (SSSR count). The molecule has 12 heteroatoms. The summed E-state index contributed by atoms with van der Waals surface area (Å²) < 4.78 is 39.9. The smallest absolute Gasteiger partial charge is 0.359 e. The largest absolute Gasteiger partial charge is 0.416 e. The van der Waals surface area contributed by atoms with Gasteiger partial charge in [-0.1, -0.05) is 41.4 Å². The van der Waals surface area contributed by atoms with Crippen molar-refractivity contribution in [2.45, 2.75) is 6.18 Å². The molecule has 142 valence electrons. The van der Waals surface area contributed by atoms with Crippen molar-refractivity contribution in [2.75, 3.05) is 0 Å². The van der Waals surface area contributed by atoms with Crippen molar-refractivity contribution in [3.05, 3.63) is 69.5 Å². The molecule has 0 spiro atoms. The van der Waals surface area contributed by atoms with Crippen LogP contribution in [0.2, 0.25) is 10.0 Å². The van der Waals surface area contributed by atoms with Gasteiger partial charge in [-0.25, -0.2) is 4.99 Å². The average Bonchev–Trinajstić information content (AvgIpc) is 3.03. The number of aromatic nitrogens is 4. The van der Waals surface area contributed by atoms with Crippen molar-refractivity contribution in [2.24, 2.45) is 4.99 Å². The topological polar surface area (TPSA) is 60.3 Å². The van der Waals surface area contributed by atoms with E-state index < -0.39 is 11.7 Å². The van der Waals surface area contributed by atoms with E-state index in [1.807, 2.05) is 0 Å². The summed E-state index contributed by atoms with van der Waals surface area (Å²) >= 11 is 18.2. The van der Waals surface area contributed by atoms with Crippen molar-refractivity contribution in [1.82, 2.24) is 19.7 Å². The summed E-state index contributed by atoms with van der Waals surface area (Å²) in [4.78, 5) is 15.2. The number of benzene rings is 1. The molecule has 0 aliphatic rings. The second kappa shape index (κ2) is 7.75. The minimum atomic E-state index is -4.63. The molecule has 0 N–H and O–H groups in total. The second-order valence-electron chi connectivity index (χ2n) is 5.16. The maximum Gasteiger partial charge on any atom is 0.416 e. The fraction of sp³-hybridized carbons (Fsp3) is 0.0625. The lowest BCUT2D eigenvalue weighted by molar-refractivity contribution is -0.137. The third-order valence-electron chi connectivity index (χ3n) is 3.34. The first-order valence-corrected chi connectivity index (χ1v) is 8.39. The maximum atomic E-state index is 12.9. The highest BCUT2D eigenvalue weighted by Gasteiger charge is 2.33. The van der Waals surface area contributed by atoms with Gasteiger partial charge in [0.25, 0.3) is 5.82 Å². The molecule has 2 aromatic heterocycles. The Bertz CT molecular complexity index is 1080. The molecule has 3 aromatic rings. The summed E-state index contributed by atoms with van der Waals surface area (Å²) in [7, 11) is 0. The van der Waals surface area contributed by atoms with Crippen LogP contribution >= 0.6 is 34.8 Å². The highest BCUT2D eigenvalue weighted by atomic mass is 35.5. The van der Waals surface area contributed by atoms with Crippen LogP contribution in [0.15, 0.2) is 41.8 Å². The fourth-order valence-electron chi connectivity index (χ4n) is 2.15. The predicted molar refractivity (Wildman–Crippen MR) is 98.9 cm³/mol. The van der Waals surface area contributed by atoms with Crippen LogP contribution in [0.25, 0.3) is 10.5 Å². The molecule has 28 heavy (non-hydrogen) atoms. The van der Waals surface area contributed by atoms with Gasteiger partial charge in [-0.2, -0.15) is 13.2 Å².